The molecule has 0 spiro atoms. The second-order valence-corrected chi connectivity index (χ2v) is 5.81. The van der Waals surface area contributed by atoms with Crippen LogP contribution >= 0.6 is 11.6 Å². The van der Waals surface area contributed by atoms with Gasteiger partial charge < -0.3 is 10.1 Å². The maximum atomic E-state index is 11.5. The number of nitrogens with zero attached hydrogens (tertiary/aromatic N) is 1. The summed E-state index contributed by atoms with van der Waals surface area (Å²) in [6.07, 6.45) is 1.46. The summed E-state index contributed by atoms with van der Waals surface area (Å²) in [6.45, 7) is 0. The Balaban J connectivity index is 2.38. The van der Waals surface area contributed by atoms with Crippen LogP contribution in [0.25, 0.3) is 0 Å². The quantitative estimate of drug-likeness (QED) is 0.901. The van der Waals surface area contributed by atoms with Crippen molar-refractivity contribution in [3.63, 3.8) is 0 Å². The lowest BCUT2D eigenvalue weighted by molar-refractivity contribution is 0.415. The molecule has 0 aliphatic rings. The van der Waals surface area contributed by atoms with E-state index >= 15 is 0 Å². The summed E-state index contributed by atoms with van der Waals surface area (Å²) in [5.41, 5.74) is 0.569. The predicted octanol–water partition coefficient (Wildman–Crippen LogP) is 2.13. The lowest BCUT2D eigenvalue weighted by atomic mass is 10.3. The molecule has 8 heteroatoms. The molecule has 0 aliphatic heterocycles. The van der Waals surface area contributed by atoms with Gasteiger partial charge in [0, 0.05) is 11.9 Å². The summed E-state index contributed by atoms with van der Waals surface area (Å²) in [6, 6.07) is 7.81. The fourth-order valence-electron chi connectivity index (χ4n) is 1.59. The minimum atomic E-state index is -3.86. The summed E-state index contributed by atoms with van der Waals surface area (Å²) < 4.78 is 28.0. The second-order valence-electron chi connectivity index (χ2n) is 3.87. The van der Waals surface area contributed by atoms with Gasteiger partial charge in [0.15, 0.2) is 5.82 Å². The Labute approximate surface area is 121 Å². The zero-order chi connectivity index (χ0) is 14.8. The van der Waals surface area contributed by atoms with E-state index in [1.807, 2.05) is 0 Å². The fraction of sp³-hybridized carbons (Fsp3) is 0.0833. The monoisotopic (exact) mass is 313 g/mol. The van der Waals surface area contributed by atoms with Crippen molar-refractivity contribution in [1.29, 1.82) is 0 Å². The average molecular weight is 314 g/mol. The molecule has 0 saturated carbocycles. The van der Waals surface area contributed by atoms with E-state index in [-0.39, 0.29) is 10.7 Å². The van der Waals surface area contributed by atoms with Gasteiger partial charge in [-0.15, -0.1) is 0 Å². The molecule has 0 amide bonds. The summed E-state index contributed by atoms with van der Waals surface area (Å²) in [5.74, 6) is 0.654. The highest BCUT2D eigenvalue weighted by atomic mass is 35.5. The minimum absolute atomic E-state index is 0.0908. The van der Waals surface area contributed by atoms with Gasteiger partial charge in [-0.05, 0) is 30.3 Å². The summed E-state index contributed by atoms with van der Waals surface area (Å²) in [4.78, 5) is 3.88. The van der Waals surface area contributed by atoms with Crippen LogP contribution in [0.2, 0.25) is 5.02 Å². The van der Waals surface area contributed by atoms with Crippen molar-refractivity contribution in [2.45, 2.75) is 4.90 Å². The first-order valence-electron chi connectivity index (χ1n) is 5.50. The maximum absolute atomic E-state index is 11.5. The van der Waals surface area contributed by atoms with E-state index in [9.17, 15) is 8.42 Å². The topological polar surface area (TPSA) is 94.3 Å². The third kappa shape index (κ3) is 3.19. The van der Waals surface area contributed by atoms with Crippen molar-refractivity contribution in [3.05, 3.63) is 41.6 Å². The van der Waals surface area contributed by atoms with Crippen LogP contribution in [-0.4, -0.2) is 20.5 Å². The Morgan fingerprint density at radius 2 is 2.10 bits per heavy atom. The first kappa shape index (κ1) is 14.6. The fourth-order valence-corrected chi connectivity index (χ4v) is 2.49. The number of hydrogen-bond donors (Lipinski definition) is 2. The van der Waals surface area contributed by atoms with Crippen LogP contribution in [0.1, 0.15) is 0 Å². The number of nitrogens with two attached hydrogens (primary N) is 1. The van der Waals surface area contributed by atoms with Gasteiger partial charge in [0.1, 0.15) is 10.6 Å². The number of anilines is 2. The number of rotatable bonds is 4. The highest BCUT2D eigenvalue weighted by molar-refractivity contribution is 7.89. The van der Waals surface area contributed by atoms with E-state index in [1.165, 1.54) is 25.4 Å². The van der Waals surface area contributed by atoms with Crippen molar-refractivity contribution in [3.8, 4) is 5.75 Å². The second kappa shape index (κ2) is 5.66. The van der Waals surface area contributed by atoms with Crippen LogP contribution in [0.4, 0.5) is 11.5 Å². The molecular formula is C12H12ClN3O3S. The number of hydrogen-bond acceptors (Lipinski definition) is 5. The number of primary sulfonamides is 1. The summed E-state index contributed by atoms with van der Waals surface area (Å²) in [7, 11) is -2.35. The molecule has 2 rings (SSSR count). The van der Waals surface area contributed by atoms with Gasteiger partial charge in [0.2, 0.25) is 10.0 Å². The van der Waals surface area contributed by atoms with Crippen LogP contribution < -0.4 is 15.2 Å². The molecule has 0 atom stereocenters. The predicted molar refractivity (Wildman–Crippen MR) is 76.9 cm³/mol. The lowest BCUT2D eigenvalue weighted by Gasteiger charge is -2.10. The van der Waals surface area contributed by atoms with Gasteiger partial charge >= 0.3 is 0 Å². The van der Waals surface area contributed by atoms with Gasteiger partial charge in [-0.2, -0.15) is 0 Å². The lowest BCUT2D eigenvalue weighted by Crippen LogP contribution is -2.14. The molecule has 2 aromatic rings. The van der Waals surface area contributed by atoms with E-state index in [0.717, 1.165) is 0 Å². The molecule has 6 nitrogen and oxygen atoms in total. The number of benzene rings is 1. The Hall–Kier alpha value is -1.83. The molecule has 0 saturated heterocycles. The van der Waals surface area contributed by atoms with Crippen LogP contribution in [0, 0.1) is 0 Å². The highest BCUT2D eigenvalue weighted by Gasteiger charge is 2.15. The van der Waals surface area contributed by atoms with Gasteiger partial charge in [0.25, 0.3) is 0 Å². The van der Waals surface area contributed by atoms with Crippen molar-refractivity contribution in [2.75, 3.05) is 12.4 Å². The zero-order valence-electron chi connectivity index (χ0n) is 10.5. The molecule has 0 unspecified atom stereocenters. The largest absolute Gasteiger partial charge is 0.495 e. The van der Waals surface area contributed by atoms with Crippen LogP contribution in [0.5, 0.6) is 5.75 Å². The van der Waals surface area contributed by atoms with Crippen LogP contribution in [0.15, 0.2) is 41.4 Å². The molecule has 1 heterocycles. The molecule has 0 aliphatic carbocycles. The van der Waals surface area contributed by atoms with Crippen molar-refractivity contribution in [1.82, 2.24) is 4.98 Å². The van der Waals surface area contributed by atoms with Gasteiger partial charge in [-0.1, -0.05) is 11.6 Å². The molecule has 106 valence electrons. The molecule has 1 aromatic carbocycles. The van der Waals surface area contributed by atoms with E-state index in [1.54, 1.807) is 18.2 Å². The Morgan fingerprint density at radius 3 is 2.70 bits per heavy atom. The third-order valence-electron chi connectivity index (χ3n) is 2.49. The minimum Gasteiger partial charge on any atom is -0.495 e. The normalized spacial score (nSPS) is 11.2. The van der Waals surface area contributed by atoms with Crippen LogP contribution in [0.3, 0.4) is 0 Å². The number of methoxy groups -OCH3 is 1. The van der Waals surface area contributed by atoms with Gasteiger partial charge in [0.05, 0.1) is 12.1 Å². The number of aromatic nitrogens is 1. The molecular weight excluding hydrogens is 302 g/mol. The summed E-state index contributed by atoms with van der Waals surface area (Å²) in [5, 5.41) is 8.39. The van der Waals surface area contributed by atoms with Gasteiger partial charge in [-0.3, -0.25) is 0 Å². The standard InChI is InChI=1S/C12H12ClN3O3S/c1-19-10-5-4-8(7-9(10)13)16-12-11(20(14,17)18)3-2-6-15-12/h2-7H,1H3,(H,15,16)(H2,14,17,18). The maximum Gasteiger partial charge on any atom is 0.241 e. The molecule has 0 fully saturated rings. The average Bonchev–Trinajstić information content (AvgIpc) is 2.38. The highest BCUT2D eigenvalue weighted by Crippen LogP contribution is 2.29. The van der Waals surface area contributed by atoms with Gasteiger partial charge in [-0.25, -0.2) is 18.5 Å². The number of ether oxygens (including phenoxy) is 1. The van der Waals surface area contributed by atoms with Crippen molar-refractivity contribution in [2.24, 2.45) is 5.14 Å². The Kier molecular flexibility index (Phi) is 4.12. The number of nitrogens with one attached hydrogen (secondary N) is 1. The molecule has 20 heavy (non-hydrogen) atoms. The number of halogens is 1. The molecule has 1 aromatic heterocycles. The smallest absolute Gasteiger partial charge is 0.241 e. The number of sulfonamides is 1. The van der Waals surface area contributed by atoms with E-state index in [0.29, 0.717) is 16.5 Å². The first-order valence-corrected chi connectivity index (χ1v) is 7.42. The molecule has 0 radical (unpaired) electrons. The summed E-state index contributed by atoms with van der Waals surface area (Å²) >= 11 is 6.00. The van der Waals surface area contributed by atoms with E-state index in [4.69, 9.17) is 21.5 Å². The number of pyridine rings is 1. The third-order valence-corrected chi connectivity index (χ3v) is 3.73. The van der Waals surface area contributed by atoms with Crippen LogP contribution in [-0.2, 0) is 10.0 Å². The van der Waals surface area contributed by atoms with E-state index < -0.39 is 10.0 Å². The van der Waals surface area contributed by atoms with Crippen molar-refractivity contribution >= 4 is 33.1 Å². The Bertz CT molecular complexity index is 734. The van der Waals surface area contributed by atoms with Crippen molar-refractivity contribution < 1.29 is 13.2 Å². The SMILES string of the molecule is COc1ccc(Nc2ncccc2S(N)(=O)=O)cc1Cl. The zero-order valence-corrected chi connectivity index (χ0v) is 12.1. The molecule has 3 N–H and O–H groups in total. The molecule has 0 bridgehead atoms. The van der Waals surface area contributed by atoms with E-state index in [2.05, 4.69) is 10.3 Å². The first-order chi connectivity index (χ1) is 9.41. The Morgan fingerprint density at radius 1 is 1.35 bits per heavy atom.